The molecule has 0 radical (unpaired) electrons. The third-order valence-electron chi connectivity index (χ3n) is 2.20. The highest BCUT2D eigenvalue weighted by Crippen LogP contribution is 2.11. The van der Waals surface area contributed by atoms with E-state index in [4.69, 9.17) is 0 Å². The maximum absolute atomic E-state index is 11.5. The van der Waals surface area contributed by atoms with Crippen LogP contribution in [0.5, 0.6) is 0 Å². The first kappa shape index (κ1) is 11.8. The zero-order valence-electron chi connectivity index (χ0n) is 9.82. The number of nitrogens with one attached hydrogen (secondary N) is 1. The minimum absolute atomic E-state index is 0.0324. The summed E-state index contributed by atoms with van der Waals surface area (Å²) in [5.74, 6) is 0.493. The molecule has 0 spiro atoms. The van der Waals surface area contributed by atoms with Crippen molar-refractivity contribution in [2.24, 2.45) is 13.0 Å². The minimum Gasteiger partial charge on any atom is -0.349 e. The number of hydrogen-bond donors (Lipinski definition) is 1. The van der Waals surface area contributed by atoms with E-state index in [1.165, 1.54) is 0 Å². The Kier molecular flexibility index (Phi) is 3.88. The van der Waals surface area contributed by atoms with Gasteiger partial charge >= 0.3 is 0 Å². The standard InChI is InChI=1S/C11H19N3O/c1-8(2)5-11(15)13-9(3)10-6-12-14(4)7-10/h6-9H,5H2,1-4H3,(H,13,15). The summed E-state index contributed by atoms with van der Waals surface area (Å²) in [6.45, 7) is 6.04. The van der Waals surface area contributed by atoms with Gasteiger partial charge in [0.15, 0.2) is 0 Å². The van der Waals surface area contributed by atoms with Crippen LogP contribution in [0.2, 0.25) is 0 Å². The molecule has 1 aromatic heterocycles. The number of hydrogen-bond acceptors (Lipinski definition) is 2. The number of aryl methyl sites for hydroxylation is 1. The molecule has 1 rings (SSSR count). The summed E-state index contributed by atoms with van der Waals surface area (Å²) >= 11 is 0. The van der Waals surface area contributed by atoms with Crippen molar-refractivity contribution in [2.45, 2.75) is 33.2 Å². The van der Waals surface area contributed by atoms with Gasteiger partial charge in [-0.05, 0) is 12.8 Å². The van der Waals surface area contributed by atoms with E-state index in [2.05, 4.69) is 10.4 Å². The summed E-state index contributed by atoms with van der Waals surface area (Å²) in [6.07, 6.45) is 4.27. The summed E-state index contributed by atoms with van der Waals surface area (Å²) < 4.78 is 1.74. The zero-order chi connectivity index (χ0) is 11.4. The van der Waals surface area contributed by atoms with E-state index in [0.717, 1.165) is 5.56 Å². The first-order chi connectivity index (χ1) is 6.99. The van der Waals surface area contributed by atoms with Crippen molar-refractivity contribution >= 4 is 5.91 Å². The van der Waals surface area contributed by atoms with Gasteiger partial charge in [0.2, 0.25) is 5.91 Å². The van der Waals surface area contributed by atoms with Gasteiger partial charge in [-0.2, -0.15) is 5.10 Å². The van der Waals surface area contributed by atoms with Crippen LogP contribution < -0.4 is 5.32 Å². The van der Waals surface area contributed by atoms with Crippen molar-refractivity contribution in [3.05, 3.63) is 18.0 Å². The summed E-state index contributed by atoms with van der Waals surface area (Å²) in [5.41, 5.74) is 1.04. The van der Waals surface area contributed by atoms with Gasteiger partial charge in [-0.1, -0.05) is 13.8 Å². The fraction of sp³-hybridized carbons (Fsp3) is 0.636. The Morgan fingerprint density at radius 2 is 2.20 bits per heavy atom. The van der Waals surface area contributed by atoms with Crippen LogP contribution in [0.1, 0.15) is 38.8 Å². The van der Waals surface area contributed by atoms with E-state index < -0.39 is 0 Å². The predicted octanol–water partition coefficient (Wildman–Crippen LogP) is 1.64. The fourth-order valence-corrected chi connectivity index (χ4v) is 1.42. The summed E-state index contributed by atoms with van der Waals surface area (Å²) in [6, 6.07) is 0.0324. The molecular weight excluding hydrogens is 190 g/mol. The molecule has 1 aromatic rings. The lowest BCUT2D eigenvalue weighted by atomic mass is 10.1. The van der Waals surface area contributed by atoms with Crippen LogP contribution in [0, 0.1) is 5.92 Å². The Morgan fingerprint density at radius 3 is 2.67 bits per heavy atom. The van der Waals surface area contributed by atoms with Crippen molar-refractivity contribution in [3.63, 3.8) is 0 Å². The van der Waals surface area contributed by atoms with Crippen LogP contribution in [0.3, 0.4) is 0 Å². The highest BCUT2D eigenvalue weighted by Gasteiger charge is 2.11. The molecule has 1 amide bonds. The van der Waals surface area contributed by atoms with Crippen LogP contribution in [-0.4, -0.2) is 15.7 Å². The number of carbonyl (C=O) groups is 1. The maximum Gasteiger partial charge on any atom is 0.220 e. The smallest absolute Gasteiger partial charge is 0.220 e. The predicted molar refractivity (Wildman–Crippen MR) is 59.2 cm³/mol. The molecule has 4 heteroatoms. The minimum atomic E-state index is 0.0324. The zero-order valence-corrected chi connectivity index (χ0v) is 9.82. The van der Waals surface area contributed by atoms with Crippen molar-refractivity contribution in [1.29, 1.82) is 0 Å². The lowest BCUT2D eigenvalue weighted by Gasteiger charge is -2.13. The molecule has 0 saturated heterocycles. The van der Waals surface area contributed by atoms with Crippen molar-refractivity contribution in [3.8, 4) is 0 Å². The average molecular weight is 209 g/mol. The molecule has 0 aliphatic heterocycles. The van der Waals surface area contributed by atoms with E-state index in [1.807, 2.05) is 34.0 Å². The van der Waals surface area contributed by atoms with Crippen LogP contribution in [0.25, 0.3) is 0 Å². The van der Waals surface area contributed by atoms with E-state index in [0.29, 0.717) is 12.3 Å². The Bertz CT molecular complexity index is 330. The van der Waals surface area contributed by atoms with Crippen LogP contribution in [0.15, 0.2) is 12.4 Å². The Labute approximate surface area is 90.7 Å². The average Bonchev–Trinajstić information content (AvgIpc) is 2.49. The Balaban J connectivity index is 2.48. The highest BCUT2D eigenvalue weighted by atomic mass is 16.1. The van der Waals surface area contributed by atoms with E-state index in [1.54, 1.807) is 10.9 Å². The monoisotopic (exact) mass is 209 g/mol. The second-order valence-electron chi connectivity index (χ2n) is 4.33. The molecule has 0 aliphatic rings. The molecule has 0 aromatic carbocycles. The molecule has 1 atom stereocenters. The van der Waals surface area contributed by atoms with Crippen molar-refractivity contribution < 1.29 is 4.79 Å². The quantitative estimate of drug-likeness (QED) is 0.819. The van der Waals surface area contributed by atoms with Gasteiger partial charge in [0, 0.05) is 25.2 Å². The van der Waals surface area contributed by atoms with Gasteiger partial charge in [-0.3, -0.25) is 9.48 Å². The van der Waals surface area contributed by atoms with E-state index >= 15 is 0 Å². The second-order valence-corrected chi connectivity index (χ2v) is 4.33. The number of carbonyl (C=O) groups excluding carboxylic acids is 1. The molecule has 1 N–H and O–H groups in total. The van der Waals surface area contributed by atoms with Gasteiger partial charge < -0.3 is 5.32 Å². The molecule has 4 nitrogen and oxygen atoms in total. The molecular formula is C11H19N3O. The Morgan fingerprint density at radius 1 is 1.53 bits per heavy atom. The van der Waals surface area contributed by atoms with E-state index in [-0.39, 0.29) is 11.9 Å². The van der Waals surface area contributed by atoms with Crippen LogP contribution in [-0.2, 0) is 11.8 Å². The van der Waals surface area contributed by atoms with Gasteiger partial charge in [0.1, 0.15) is 0 Å². The van der Waals surface area contributed by atoms with Gasteiger partial charge in [-0.15, -0.1) is 0 Å². The largest absolute Gasteiger partial charge is 0.349 e. The third-order valence-corrected chi connectivity index (χ3v) is 2.20. The third kappa shape index (κ3) is 3.73. The number of amides is 1. The van der Waals surface area contributed by atoms with Crippen LogP contribution >= 0.6 is 0 Å². The SMILES string of the molecule is CC(C)CC(=O)NC(C)c1cnn(C)c1. The molecule has 0 saturated carbocycles. The van der Waals surface area contributed by atoms with Crippen LogP contribution in [0.4, 0.5) is 0 Å². The number of rotatable bonds is 4. The molecule has 1 heterocycles. The molecule has 84 valence electrons. The lowest BCUT2D eigenvalue weighted by Crippen LogP contribution is -2.27. The number of nitrogens with zero attached hydrogens (tertiary/aromatic N) is 2. The van der Waals surface area contributed by atoms with Gasteiger partial charge in [-0.25, -0.2) is 0 Å². The molecule has 15 heavy (non-hydrogen) atoms. The fourth-order valence-electron chi connectivity index (χ4n) is 1.42. The van der Waals surface area contributed by atoms with Crippen molar-refractivity contribution in [2.75, 3.05) is 0 Å². The van der Waals surface area contributed by atoms with Crippen molar-refractivity contribution in [1.82, 2.24) is 15.1 Å². The normalized spacial score (nSPS) is 12.9. The summed E-state index contributed by atoms with van der Waals surface area (Å²) in [4.78, 5) is 11.5. The molecule has 1 unspecified atom stereocenters. The number of aromatic nitrogens is 2. The first-order valence-corrected chi connectivity index (χ1v) is 5.27. The second kappa shape index (κ2) is 4.96. The first-order valence-electron chi connectivity index (χ1n) is 5.27. The van der Waals surface area contributed by atoms with E-state index in [9.17, 15) is 4.79 Å². The Hall–Kier alpha value is -1.32. The summed E-state index contributed by atoms with van der Waals surface area (Å²) in [7, 11) is 1.87. The molecule has 0 bridgehead atoms. The van der Waals surface area contributed by atoms with Gasteiger partial charge in [0.05, 0.1) is 12.2 Å². The summed E-state index contributed by atoms with van der Waals surface area (Å²) in [5, 5.41) is 7.02. The maximum atomic E-state index is 11.5. The molecule has 0 fully saturated rings. The molecule has 0 aliphatic carbocycles. The van der Waals surface area contributed by atoms with Gasteiger partial charge in [0.25, 0.3) is 0 Å². The highest BCUT2D eigenvalue weighted by molar-refractivity contribution is 5.76. The topological polar surface area (TPSA) is 46.9 Å². The lowest BCUT2D eigenvalue weighted by molar-refractivity contribution is -0.122.